The first-order chi connectivity index (χ1) is 14.5. The van der Waals surface area contributed by atoms with Gasteiger partial charge in [0.1, 0.15) is 0 Å². The Kier molecular flexibility index (Phi) is 7.14. The van der Waals surface area contributed by atoms with Gasteiger partial charge in [0.15, 0.2) is 0 Å². The van der Waals surface area contributed by atoms with Crippen LogP contribution in [-0.2, 0) is 4.79 Å². The molecule has 2 aliphatic heterocycles. The summed E-state index contributed by atoms with van der Waals surface area (Å²) in [6.45, 7) is 7.07. The van der Waals surface area contributed by atoms with Gasteiger partial charge in [-0.15, -0.1) is 0 Å². The van der Waals surface area contributed by atoms with Gasteiger partial charge in [0, 0.05) is 49.3 Å². The standard InChI is InChI=1S/C24H34BrN3O2/c1-18-9-11-27(12-10-18)24(30)22(19-5-2-3-6-19)26-13-15-28(16-14-26)23(29)20-7-4-8-21(25)17-20/h4,7-8,17-19,22H,2-3,5-6,9-16H2,1H3/t22-/m1/s1. The van der Waals surface area contributed by atoms with Crippen molar-refractivity contribution in [2.75, 3.05) is 39.3 Å². The number of hydrogen-bond acceptors (Lipinski definition) is 3. The van der Waals surface area contributed by atoms with E-state index in [0.29, 0.717) is 24.9 Å². The Morgan fingerprint density at radius 3 is 2.23 bits per heavy atom. The Morgan fingerprint density at radius 2 is 1.60 bits per heavy atom. The SMILES string of the molecule is CC1CCN(C(=O)[C@@H](C2CCCC2)N2CCN(C(=O)c3cccc(Br)c3)CC2)CC1. The Labute approximate surface area is 188 Å². The number of amides is 2. The first-order valence-electron chi connectivity index (χ1n) is 11.6. The topological polar surface area (TPSA) is 43.9 Å². The molecule has 1 aromatic carbocycles. The lowest BCUT2D eigenvalue weighted by Crippen LogP contribution is -2.59. The second-order valence-corrected chi connectivity index (χ2v) is 10.3. The first kappa shape index (κ1) is 21.8. The zero-order chi connectivity index (χ0) is 21.1. The van der Waals surface area contributed by atoms with E-state index < -0.39 is 0 Å². The summed E-state index contributed by atoms with van der Waals surface area (Å²) >= 11 is 3.46. The molecular weight excluding hydrogens is 442 g/mol. The number of piperidine rings is 1. The van der Waals surface area contributed by atoms with Crippen LogP contribution in [0.3, 0.4) is 0 Å². The van der Waals surface area contributed by atoms with Crippen LogP contribution < -0.4 is 0 Å². The molecule has 3 aliphatic rings. The number of rotatable bonds is 4. The third-order valence-corrected chi connectivity index (χ3v) is 7.75. The fourth-order valence-electron chi connectivity index (χ4n) is 5.35. The smallest absolute Gasteiger partial charge is 0.253 e. The molecule has 2 heterocycles. The molecule has 6 heteroatoms. The van der Waals surface area contributed by atoms with Crippen LogP contribution >= 0.6 is 15.9 Å². The molecule has 1 atom stereocenters. The molecule has 4 rings (SSSR count). The molecule has 5 nitrogen and oxygen atoms in total. The molecule has 0 unspecified atom stereocenters. The third-order valence-electron chi connectivity index (χ3n) is 7.26. The lowest BCUT2D eigenvalue weighted by Gasteiger charge is -2.43. The van der Waals surface area contributed by atoms with E-state index in [1.165, 1.54) is 12.8 Å². The highest BCUT2D eigenvalue weighted by Crippen LogP contribution is 2.33. The number of piperazine rings is 1. The minimum Gasteiger partial charge on any atom is -0.341 e. The third kappa shape index (κ3) is 4.91. The maximum atomic E-state index is 13.6. The molecule has 2 amide bonds. The number of carbonyl (C=O) groups excluding carboxylic acids is 2. The van der Waals surface area contributed by atoms with Gasteiger partial charge in [-0.25, -0.2) is 0 Å². The fraction of sp³-hybridized carbons (Fsp3) is 0.667. The molecule has 164 valence electrons. The number of hydrogen-bond donors (Lipinski definition) is 0. The molecule has 0 spiro atoms. The van der Waals surface area contributed by atoms with E-state index in [1.54, 1.807) is 0 Å². The van der Waals surface area contributed by atoms with Gasteiger partial charge in [0.2, 0.25) is 5.91 Å². The van der Waals surface area contributed by atoms with Crippen molar-refractivity contribution >= 4 is 27.7 Å². The Bertz CT molecular complexity index is 749. The summed E-state index contributed by atoms with van der Waals surface area (Å²) in [6.07, 6.45) is 7.06. The minimum absolute atomic E-state index is 0.00373. The van der Waals surface area contributed by atoms with Crippen molar-refractivity contribution in [1.29, 1.82) is 0 Å². The van der Waals surface area contributed by atoms with Crippen LogP contribution in [0.15, 0.2) is 28.7 Å². The quantitative estimate of drug-likeness (QED) is 0.660. The summed E-state index contributed by atoms with van der Waals surface area (Å²) in [5.41, 5.74) is 0.726. The number of nitrogens with zero attached hydrogens (tertiary/aromatic N) is 3. The highest BCUT2D eigenvalue weighted by atomic mass is 79.9. The molecule has 2 saturated heterocycles. The second kappa shape index (κ2) is 9.82. The van der Waals surface area contributed by atoms with Crippen molar-refractivity contribution in [3.63, 3.8) is 0 Å². The van der Waals surface area contributed by atoms with E-state index in [2.05, 4.69) is 32.7 Å². The van der Waals surface area contributed by atoms with Gasteiger partial charge in [-0.2, -0.15) is 0 Å². The molecule has 0 aromatic heterocycles. The Hall–Kier alpha value is -1.40. The van der Waals surface area contributed by atoms with Crippen LogP contribution in [0.1, 0.15) is 55.8 Å². The normalized spacial score (nSPS) is 23.0. The van der Waals surface area contributed by atoms with Gasteiger partial charge in [-0.1, -0.05) is 41.8 Å². The molecule has 0 N–H and O–H groups in total. The van der Waals surface area contributed by atoms with E-state index >= 15 is 0 Å². The average Bonchev–Trinajstić information content (AvgIpc) is 3.29. The zero-order valence-electron chi connectivity index (χ0n) is 18.1. The Morgan fingerprint density at radius 1 is 0.933 bits per heavy atom. The van der Waals surface area contributed by atoms with Crippen LogP contribution in [0.5, 0.6) is 0 Å². The number of benzene rings is 1. The van der Waals surface area contributed by atoms with Crippen LogP contribution in [0.4, 0.5) is 0 Å². The van der Waals surface area contributed by atoms with Gasteiger partial charge >= 0.3 is 0 Å². The van der Waals surface area contributed by atoms with Crippen molar-refractivity contribution in [3.8, 4) is 0 Å². The lowest BCUT2D eigenvalue weighted by atomic mass is 9.92. The summed E-state index contributed by atoms with van der Waals surface area (Å²) in [6, 6.07) is 7.61. The van der Waals surface area contributed by atoms with Crippen molar-refractivity contribution in [1.82, 2.24) is 14.7 Å². The highest BCUT2D eigenvalue weighted by molar-refractivity contribution is 9.10. The number of halogens is 1. The van der Waals surface area contributed by atoms with Gasteiger partial charge in [-0.05, 0) is 55.7 Å². The van der Waals surface area contributed by atoms with Crippen molar-refractivity contribution in [2.24, 2.45) is 11.8 Å². The van der Waals surface area contributed by atoms with E-state index in [9.17, 15) is 9.59 Å². The van der Waals surface area contributed by atoms with E-state index in [0.717, 1.165) is 67.8 Å². The fourth-order valence-corrected chi connectivity index (χ4v) is 5.75. The molecule has 30 heavy (non-hydrogen) atoms. The molecule has 1 saturated carbocycles. The summed E-state index contributed by atoms with van der Waals surface area (Å²) in [5.74, 6) is 1.64. The zero-order valence-corrected chi connectivity index (χ0v) is 19.6. The van der Waals surface area contributed by atoms with Crippen LogP contribution in [-0.4, -0.2) is 71.8 Å². The monoisotopic (exact) mass is 475 g/mol. The molecular formula is C24H34BrN3O2. The largest absolute Gasteiger partial charge is 0.341 e. The number of carbonyl (C=O) groups is 2. The van der Waals surface area contributed by atoms with Crippen LogP contribution in [0, 0.1) is 11.8 Å². The van der Waals surface area contributed by atoms with Gasteiger partial charge in [0.25, 0.3) is 5.91 Å². The predicted molar refractivity (Wildman–Crippen MR) is 122 cm³/mol. The van der Waals surface area contributed by atoms with Gasteiger partial charge < -0.3 is 9.80 Å². The Balaban J connectivity index is 1.41. The molecule has 1 aromatic rings. The minimum atomic E-state index is 0.00373. The van der Waals surface area contributed by atoms with Crippen molar-refractivity contribution in [2.45, 2.75) is 51.5 Å². The number of likely N-dealkylation sites (tertiary alicyclic amines) is 1. The maximum absolute atomic E-state index is 13.6. The van der Waals surface area contributed by atoms with E-state index in [-0.39, 0.29) is 11.9 Å². The van der Waals surface area contributed by atoms with Crippen LogP contribution in [0.25, 0.3) is 0 Å². The van der Waals surface area contributed by atoms with Crippen molar-refractivity contribution < 1.29 is 9.59 Å². The molecule has 1 aliphatic carbocycles. The van der Waals surface area contributed by atoms with Gasteiger partial charge in [0.05, 0.1) is 6.04 Å². The van der Waals surface area contributed by atoms with Gasteiger partial charge in [-0.3, -0.25) is 14.5 Å². The maximum Gasteiger partial charge on any atom is 0.253 e. The molecule has 0 radical (unpaired) electrons. The average molecular weight is 476 g/mol. The lowest BCUT2D eigenvalue weighted by molar-refractivity contribution is -0.141. The van der Waals surface area contributed by atoms with Crippen molar-refractivity contribution in [3.05, 3.63) is 34.3 Å². The highest BCUT2D eigenvalue weighted by Gasteiger charge is 2.39. The molecule has 0 bridgehead atoms. The van der Waals surface area contributed by atoms with E-state index in [1.807, 2.05) is 29.2 Å². The van der Waals surface area contributed by atoms with Crippen LogP contribution in [0.2, 0.25) is 0 Å². The second-order valence-electron chi connectivity index (χ2n) is 9.34. The molecule has 3 fully saturated rings. The van der Waals surface area contributed by atoms with E-state index in [4.69, 9.17) is 0 Å². The predicted octanol–water partition coefficient (Wildman–Crippen LogP) is 4.02. The summed E-state index contributed by atoms with van der Waals surface area (Å²) in [7, 11) is 0. The summed E-state index contributed by atoms with van der Waals surface area (Å²) < 4.78 is 0.926. The first-order valence-corrected chi connectivity index (χ1v) is 12.4. The summed E-state index contributed by atoms with van der Waals surface area (Å²) in [4.78, 5) is 32.9. The summed E-state index contributed by atoms with van der Waals surface area (Å²) in [5, 5.41) is 0.